The summed E-state index contributed by atoms with van der Waals surface area (Å²) in [6, 6.07) is 13.7. The van der Waals surface area contributed by atoms with Crippen molar-refractivity contribution in [2.24, 2.45) is 0 Å². The number of ether oxygens (including phenoxy) is 1. The number of thioether (sulfide) groups is 1. The lowest BCUT2D eigenvalue weighted by atomic mass is 10.2. The molecule has 2 rings (SSSR count). The third-order valence-corrected chi connectivity index (χ3v) is 4.03. The molecular weight excluding hydrogens is 322 g/mol. The van der Waals surface area contributed by atoms with Crippen LogP contribution < -0.4 is 4.74 Å². The molecule has 0 radical (unpaired) electrons. The minimum atomic E-state index is 0.572. The van der Waals surface area contributed by atoms with Crippen LogP contribution in [-0.2, 0) is 0 Å². The third-order valence-electron chi connectivity index (χ3n) is 2.63. The van der Waals surface area contributed by atoms with E-state index in [9.17, 15) is 5.26 Å². The fourth-order valence-electron chi connectivity index (χ4n) is 1.68. The van der Waals surface area contributed by atoms with Crippen molar-refractivity contribution in [3.63, 3.8) is 0 Å². The predicted octanol–water partition coefficient (Wildman–Crippen LogP) is 5.14. The van der Waals surface area contributed by atoms with Gasteiger partial charge >= 0.3 is 0 Å². The first-order chi connectivity index (χ1) is 9.15. The minimum absolute atomic E-state index is 0.572. The van der Waals surface area contributed by atoms with E-state index in [-0.39, 0.29) is 0 Å². The first-order valence-electron chi connectivity index (χ1n) is 5.67. The van der Waals surface area contributed by atoms with E-state index in [4.69, 9.17) is 4.74 Å². The summed E-state index contributed by atoms with van der Waals surface area (Å²) in [5.74, 6) is 1.29. The molecule has 0 saturated heterocycles. The Hall–Kier alpha value is -1.44. The van der Waals surface area contributed by atoms with Gasteiger partial charge in [0.15, 0.2) is 0 Å². The Morgan fingerprint density at radius 1 is 1.21 bits per heavy atom. The van der Waals surface area contributed by atoms with Crippen molar-refractivity contribution < 1.29 is 4.74 Å². The predicted molar refractivity (Wildman–Crippen MR) is 81.9 cm³/mol. The first-order valence-corrected chi connectivity index (χ1v) is 7.68. The summed E-state index contributed by atoms with van der Waals surface area (Å²) in [5.41, 5.74) is 1.72. The zero-order valence-corrected chi connectivity index (χ0v) is 13.0. The van der Waals surface area contributed by atoms with Crippen LogP contribution in [0.5, 0.6) is 11.5 Å². The second kappa shape index (κ2) is 6.14. The highest BCUT2D eigenvalue weighted by Crippen LogP contribution is 2.34. The molecule has 0 heterocycles. The minimum Gasteiger partial charge on any atom is -0.455 e. The molecule has 0 bridgehead atoms. The molecular formula is C15H12BrNOS. The molecule has 96 valence electrons. The molecule has 0 unspecified atom stereocenters. The molecule has 0 aliphatic rings. The molecule has 2 nitrogen and oxygen atoms in total. The normalized spacial score (nSPS) is 10.0. The Bertz CT molecular complexity index is 649. The Morgan fingerprint density at radius 3 is 2.63 bits per heavy atom. The highest BCUT2D eigenvalue weighted by Gasteiger charge is 2.11. The van der Waals surface area contributed by atoms with E-state index >= 15 is 0 Å². The van der Waals surface area contributed by atoms with E-state index in [0.717, 1.165) is 14.9 Å². The second-order valence-electron chi connectivity index (χ2n) is 3.98. The van der Waals surface area contributed by atoms with Crippen molar-refractivity contribution in [2.75, 3.05) is 6.26 Å². The van der Waals surface area contributed by atoms with Crippen LogP contribution in [0.3, 0.4) is 0 Å². The summed E-state index contributed by atoms with van der Waals surface area (Å²) in [6.07, 6.45) is 1.95. The Morgan fingerprint density at radius 2 is 2.00 bits per heavy atom. The lowest BCUT2D eigenvalue weighted by molar-refractivity contribution is 0.476. The third kappa shape index (κ3) is 3.12. The van der Waals surface area contributed by atoms with Crippen LogP contribution in [-0.4, -0.2) is 6.26 Å². The fraction of sp³-hybridized carbons (Fsp3) is 0.133. The van der Waals surface area contributed by atoms with Gasteiger partial charge in [-0.15, -0.1) is 11.8 Å². The first kappa shape index (κ1) is 14.0. The molecule has 2 aromatic rings. The van der Waals surface area contributed by atoms with Gasteiger partial charge in [-0.3, -0.25) is 0 Å². The van der Waals surface area contributed by atoms with Crippen molar-refractivity contribution in [2.45, 2.75) is 11.8 Å². The molecule has 0 aliphatic heterocycles. The van der Waals surface area contributed by atoms with Gasteiger partial charge in [0.1, 0.15) is 23.1 Å². The van der Waals surface area contributed by atoms with E-state index in [1.54, 1.807) is 0 Å². The van der Waals surface area contributed by atoms with Crippen LogP contribution >= 0.6 is 27.7 Å². The number of nitrogens with zero attached hydrogens (tertiary/aromatic N) is 1. The maximum Gasteiger partial charge on any atom is 0.146 e. The number of benzene rings is 2. The summed E-state index contributed by atoms with van der Waals surface area (Å²) in [5, 5.41) is 9.27. The standard InChI is InChI=1S/C15H12BrNOS/c1-10-6-7-14(12(16)8-10)18-13-4-3-5-15(19-2)11(13)9-17/h3-8H,1-2H3. The lowest BCUT2D eigenvalue weighted by Gasteiger charge is -2.11. The van der Waals surface area contributed by atoms with E-state index in [1.165, 1.54) is 11.8 Å². The average molecular weight is 334 g/mol. The van der Waals surface area contributed by atoms with Gasteiger partial charge in [-0.25, -0.2) is 0 Å². The maximum absolute atomic E-state index is 9.27. The van der Waals surface area contributed by atoms with Gasteiger partial charge in [-0.1, -0.05) is 12.1 Å². The number of aryl methyl sites for hydroxylation is 1. The number of hydrogen-bond acceptors (Lipinski definition) is 3. The van der Waals surface area contributed by atoms with Gasteiger partial charge in [0, 0.05) is 4.90 Å². The van der Waals surface area contributed by atoms with Crippen LogP contribution in [0.15, 0.2) is 45.8 Å². The van der Waals surface area contributed by atoms with Gasteiger partial charge in [-0.2, -0.15) is 5.26 Å². The van der Waals surface area contributed by atoms with Crippen LogP contribution in [0, 0.1) is 18.3 Å². The topological polar surface area (TPSA) is 33.0 Å². The van der Waals surface area contributed by atoms with E-state index in [0.29, 0.717) is 17.1 Å². The number of halogens is 1. The molecule has 0 saturated carbocycles. The van der Waals surface area contributed by atoms with Crippen molar-refractivity contribution in [1.29, 1.82) is 5.26 Å². The van der Waals surface area contributed by atoms with Gasteiger partial charge in [0.2, 0.25) is 0 Å². The molecule has 0 aromatic heterocycles. The van der Waals surface area contributed by atoms with Crippen LogP contribution in [0.25, 0.3) is 0 Å². The number of nitriles is 1. The number of rotatable bonds is 3. The lowest BCUT2D eigenvalue weighted by Crippen LogP contribution is -1.91. The van der Waals surface area contributed by atoms with Crippen LogP contribution in [0.2, 0.25) is 0 Å². The van der Waals surface area contributed by atoms with Crippen LogP contribution in [0.4, 0.5) is 0 Å². The number of hydrogen-bond donors (Lipinski definition) is 0. The molecule has 0 amide bonds. The molecule has 0 fully saturated rings. The zero-order chi connectivity index (χ0) is 13.8. The van der Waals surface area contributed by atoms with E-state index in [2.05, 4.69) is 22.0 Å². The summed E-state index contributed by atoms with van der Waals surface area (Å²) in [4.78, 5) is 0.920. The SMILES string of the molecule is CSc1cccc(Oc2ccc(C)cc2Br)c1C#N. The molecule has 19 heavy (non-hydrogen) atoms. The zero-order valence-electron chi connectivity index (χ0n) is 10.6. The molecule has 0 atom stereocenters. The monoisotopic (exact) mass is 333 g/mol. The van der Waals surface area contributed by atoms with Crippen molar-refractivity contribution in [1.82, 2.24) is 0 Å². The molecule has 0 spiro atoms. The van der Waals surface area contributed by atoms with Gasteiger partial charge in [0.25, 0.3) is 0 Å². The van der Waals surface area contributed by atoms with Gasteiger partial charge in [-0.05, 0) is 58.9 Å². The Balaban J connectivity index is 2.41. The fourth-order valence-corrected chi connectivity index (χ4v) is 2.82. The largest absolute Gasteiger partial charge is 0.455 e. The molecule has 2 aromatic carbocycles. The Labute approximate surface area is 125 Å². The van der Waals surface area contributed by atoms with Crippen LogP contribution in [0.1, 0.15) is 11.1 Å². The quantitative estimate of drug-likeness (QED) is 0.728. The van der Waals surface area contributed by atoms with Crippen molar-refractivity contribution in [3.8, 4) is 17.6 Å². The van der Waals surface area contributed by atoms with Gasteiger partial charge < -0.3 is 4.74 Å². The summed E-state index contributed by atoms with van der Waals surface area (Å²) in [6.45, 7) is 2.02. The maximum atomic E-state index is 9.27. The van der Waals surface area contributed by atoms with Crippen molar-refractivity contribution in [3.05, 3.63) is 52.0 Å². The van der Waals surface area contributed by atoms with Gasteiger partial charge in [0.05, 0.1) is 4.47 Å². The molecule has 0 N–H and O–H groups in total. The summed E-state index contributed by atoms with van der Waals surface area (Å²) >= 11 is 5.01. The average Bonchev–Trinajstić information content (AvgIpc) is 2.41. The summed E-state index contributed by atoms with van der Waals surface area (Å²) in [7, 11) is 0. The van der Waals surface area contributed by atoms with Crippen molar-refractivity contribution >= 4 is 27.7 Å². The van der Waals surface area contributed by atoms with E-state index in [1.807, 2.05) is 49.6 Å². The second-order valence-corrected chi connectivity index (χ2v) is 5.68. The highest BCUT2D eigenvalue weighted by atomic mass is 79.9. The smallest absolute Gasteiger partial charge is 0.146 e. The molecule has 0 aliphatic carbocycles. The highest BCUT2D eigenvalue weighted by molar-refractivity contribution is 9.10. The summed E-state index contributed by atoms with van der Waals surface area (Å²) < 4.78 is 6.73. The Kier molecular flexibility index (Phi) is 4.52. The molecule has 4 heteroatoms. The van der Waals surface area contributed by atoms with E-state index < -0.39 is 0 Å².